The lowest BCUT2D eigenvalue weighted by atomic mass is 9.81. The fourth-order valence-corrected chi connectivity index (χ4v) is 2.89. The average molecular weight is 374 g/mol. The van der Waals surface area contributed by atoms with Gasteiger partial charge in [-0.05, 0) is 18.1 Å². The van der Waals surface area contributed by atoms with Crippen LogP contribution in [-0.4, -0.2) is 33.9 Å². The summed E-state index contributed by atoms with van der Waals surface area (Å²) >= 11 is 5.89. The first-order valence-corrected chi connectivity index (χ1v) is 7.87. The van der Waals surface area contributed by atoms with Crippen LogP contribution in [0.5, 0.6) is 0 Å². The molecule has 0 radical (unpaired) electrons. The number of aliphatic imine (C=N–C) groups is 1. The van der Waals surface area contributed by atoms with Crippen molar-refractivity contribution in [3.05, 3.63) is 46.8 Å². The number of hydroxylamine groups is 2. The summed E-state index contributed by atoms with van der Waals surface area (Å²) < 4.78 is 48.5. The van der Waals surface area contributed by atoms with Gasteiger partial charge in [-0.15, -0.1) is 0 Å². The number of ether oxygens (including phenoxy) is 1. The zero-order chi connectivity index (χ0) is 18.4. The number of amidine groups is 1. The molecule has 25 heavy (non-hydrogen) atoms. The Balaban J connectivity index is 2.32. The number of nitrogens with zero attached hydrogens (tertiary/aromatic N) is 3. The van der Waals surface area contributed by atoms with E-state index in [0.29, 0.717) is 5.06 Å². The summed E-state index contributed by atoms with van der Waals surface area (Å²) in [6.45, 7) is 3.32. The third-order valence-electron chi connectivity index (χ3n) is 3.78. The molecular weight excluding hydrogens is 359 g/mol. The third-order valence-corrected chi connectivity index (χ3v) is 3.99. The van der Waals surface area contributed by atoms with E-state index in [1.165, 1.54) is 24.5 Å². The van der Waals surface area contributed by atoms with Gasteiger partial charge in [-0.1, -0.05) is 31.5 Å². The average Bonchev–Trinajstić information content (AvgIpc) is 2.51. The monoisotopic (exact) mass is 373 g/mol. The van der Waals surface area contributed by atoms with Gasteiger partial charge in [0.15, 0.2) is 11.7 Å². The molecule has 5 nitrogen and oxygen atoms in total. The van der Waals surface area contributed by atoms with Crippen molar-refractivity contribution in [2.45, 2.75) is 25.6 Å². The fraction of sp³-hybridized carbons (Fsp3) is 0.375. The Kier molecular flexibility index (Phi) is 4.38. The van der Waals surface area contributed by atoms with Gasteiger partial charge in [0.2, 0.25) is 5.60 Å². The minimum Gasteiger partial charge on any atom is -0.356 e. The molecule has 9 heteroatoms. The summed E-state index contributed by atoms with van der Waals surface area (Å²) in [4.78, 5) is 7.94. The zero-order valence-electron chi connectivity index (χ0n) is 13.4. The minimum absolute atomic E-state index is 0.0342. The van der Waals surface area contributed by atoms with Crippen molar-refractivity contribution in [3.63, 3.8) is 0 Å². The van der Waals surface area contributed by atoms with E-state index in [1.807, 2.05) is 0 Å². The van der Waals surface area contributed by atoms with Crippen LogP contribution in [0, 0.1) is 5.92 Å². The Morgan fingerprint density at radius 3 is 2.76 bits per heavy atom. The number of hydrogen-bond donors (Lipinski definition) is 1. The normalized spacial score (nSPS) is 22.5. The van der Waals surface area contributed by atoms with Crippen LogP contribution < -0.4 is 0 Å². The fourth-order valence-electron chi connectivity index (χ4n) is 2.74. The minimum atomic E-state index is -4.83. The van der Waals surface area contributed by atoms with Crippen LogP contribution in [-0.2, 0) is 10.3 Å². The molecule has 1 N–H and O–H groups in total. The van der Waals surface area contributed by atoms with E-state index >= 15 is 0 Å². The molecule has 1 aromatic rings. The van der Waals surface area contributed by atoms with Gasteiger partial charge in [0, 0.05) is 23.5 Å². The molecule has 1 unspecified atom stereocenters. The molecule has 0 amide bonds. The quantitative estimate of drug-likeness (QED) is 0.855. The largest absolute Gasteiger partial charge is 0.426 e. The van der Waals surface area contributed by atoms with Crippen molar-refractivity contribution in [1.82, 2.24) is 10.0 Å². The van der Waals surface area contributed by atoms with Gasteiger partial charge in [-0.3, -0.25) is 5.21 Å². The number of halogens is 4. The lowest BCUT2D eigenvalue weighted by molar-refractivity contribution is -0.269. The molecule has 0 saturated heterocycles. The molecule has 0 bridgehead atoms. The van der Waals surface area contributed by atoms with E-state index in [1.54, 1.807) is 13.8 Å². The number of aromatic nitrogens is 1. The maximum atomic E-state index is 14.3. The third kappa shape index (κ3) is 2.84. The van der Waals surface area contributed by atoms with Crippen LogP contribution in [0.15, 0.2) is 41.2 Å². The van der Waals surface area contributed by atoms with E-state index in [0.717, 1.165) is 6.07 Å². The molecule has 1 aromatic heterocycles. The number of allylic oxidation sites excluding steroid dienone is 2. The Bertz CT molecular complexity index is 789. The summed E-state index contributed by atoms with van der Waals surface area (Å²) in [7, 11) is 0. The zero-order valence-corrected chi connectivity index (χ0v) is 14.1. The second kappa shape index (κ2) is 6.12. The molecule has 0 fully saturated rings. The second-order valence-corrected chi connectivity index (χ2v) is 6.55. The van der Waals surface area contributed by atoms with Crippen LogP contribution in [0.1, 0.15) is 19.4 Å². The number of alkyl halides is 3. The van der Waals surface area contributed by atoms with E-state index in [9.17, 15) is 18.4 Å². The van der Waals surface area contributed by atoms with Crippen LogP contribution >= 0.6 is 11.6 Å². The summed E-state index contributed by atoms with van der Waals surface area (Å²) in [5.41, 5.74) is -3.44. The first-order valence-electron chi connectivity index (χ1n) is 7.49. The van der Waals surface area contributed by atoms with E-state index < -0.39 is 11.8 Å². The first-order chi connectivity index (χ1) is 11.7. The van der Waals surface area contributed by atoms with Gasteiger partial charge in [0.05, 0.1) is 11.6 Å². The SMILES string of the molecule is CC(C)COC1(C(F)(F)F)C2=CC=CN(O)C2=Nc2ncc(Cl)cc21. The van der Waals surface area contributed by atoms with Crippen molar-refractivity contribution >= 4 is 23.3 Å². The molecule has 0 saturated carbocycles. The molecule has 0 aliphatic carbocycles. The van der Waals surface area contributed by atoms with Gasteiger partial charge >= 0.3 is 6.18 Å². The molecule has 134 valence electrons. The molecule has 3 heterocycles. The topological polar surface area (TPSA) is 58.0 Å². The van der Waals surface area contributed by atoms with Crippen molar-refractivity contribution < 1.29 is 23.1 Å². The molecule has 2 aliphatic heterocycles. The number of rotatable bonds is 3. The number of hydrogen-bond acceptors (Lipinski definition) is 5. The van der Waals surface area contributed by atoms with Crippen LogP contribution in [0.4, 0.5) is 19.0 Å². The smallest absolute Gasteiger partial charge is 0.356 e. The molecule has 3 rings (SSSR count). The molecule has 2 aliphatic rings. The van der Waals surface area contributed by atoms with E-state index in [4.69, 9.17) is 16.3 Å². The van der Waals surface area contributed by atoms with Gasteiger partial charge < -0.3 is 4.74 Å². The Labute approximate surface area is 147 Å². The predicted molar refractivity (Wildman–Crippen MR) is 85.7 cm³/mol. The van der Waals surface area contributed by atoms with Crippen molar-refractivity contribution in [1.29, 1.82) is 0 Å². The Morgan fingerprint density at radius 2 is 2.12 bits per heavy atom. The highest BCUT2D eigenvalue weighted by atomic mass is 35.5. The van der Waals surface area contributed by atoms with Gasteiger partial charge in [0.1, 0.15) is 0 Å². The molecule has 0 spiro atoms. The maximum absolute atomic E-state index is 14.3. The lowest BCUT2D eigenvalue weighted by Crippen LogP contribution is -2.53. The molecular formula is C16H15ClF3N3O2. The molecule has 1 atom stereocenters. The summed E-state index contributed by atoms with van der Waals surface area (Å²) in [5.74, 6) is -0.639. The van der Waals surface area contributed by atoms with E-state index in [2.05, 4.69) is 9.98 Å². The van der Waals surface area contributed by atoms with Crippen molar-refractivity contribution in [2.75, 3.05) is 6.61 Å². The number of pyridine rings is 1. The summed E-state index contributed by atoms with van der Waals surface area (Å²) in [6.07, 6.45) is 0.0672. The summed E-state index contributed by atoms with van der Waals surface area (Å²) in [6, 6.07) is 1.15. The predicted octanol–water partition coefficient (Wildman–Crippen LogP) is 4.35. The lowest BCUT2D eigenvalue weighted by Gasteiger charge is -2.42. The maximum Gasteiger partial charge on any atom is 0.426 e. The summed E-state index contributed by atoms with van der Waals surface area (Å²) in [5, 5.41) is 10.5. The standard InChI is InChI=1S/C16H15ClF3N3O2/c1-9(2)8-25-15(16(18,19)20)11-4-3-5-23(24)14(11)22-13-12(15)6-10(17)7-21-13/h3-7,9,24H,8H2,1-2H3. The highest BCUT2D eigenvalue weighted by Gasteiger charge is 2.64. The van der Waals surface area contributed by atoms with Crippen LogP contribution in [0.3, 0.4) is 0 Å². The Hall–Kier alpha value is -1.90. The van der Waals surface area contributed by atoms with Crippen LogP contribution in [0.25, 0.3) is 0 Å². The van der Waals surface area contributed by atoms with Crippen molar-refractivity contribution in [2.24, 2.45) is 10.9 Å². The van der Waals surface area contributed by atoms with E-state index in [-0.39, 0.29) is 40.3 Å². The first kappa shape index (κ1) is 17.9. The van der Waals surface area contributed by atoms with Crippen LogP contribution in [0.2, 0.25) is 5.02 Å². The number of fused-ring (bicyclic) bond motifs is 2. The highest BCUT2D eigenvalue weighted by Crippen LogP contribution is 2.54. The van der Waals surface area contributed by atoms with Gasteiger partial charge in [-0.25, -0.2) is 15.0 Å². The van der Waals surface area contributed by atoms with Gasteiger partial charge in [0.25, 0.3) is 0 Å². The van der Waals surface area contributed by atoms with Crippen molar-refractivity contribution in [3.8, 4) is 0 Å². The van der Waals surface area contributed by atoms with Gasteiger partial charge in [-0.2, -0.15) is 13.2 Å². The Morgan fingerprint density at radius 1 is 1.40 bits per heavy atom. The second-order valence-electron chi connectivity index (χ2n) is 6.11. The molecule has 0 aromatic carbocycles. The highest BCUT2D eigenvalue weighted by molar-refractivity contribution is 6.30.